The van der Waals surface area contributed by atoms with Crippen LogP contribution in [0.15, 0.2) is 71.6 Å². The lowest BCUT2D eigenvalue weighted by atomic mass is 10.1. The van der Waals surface area contributed by atoms with Crippen LogP contribution in [0, 0.1) is 0 Å². The van der Waals surface area contributed by atoms with Gasteiger partial charge in [-0.1, -0.05) is 42.5 Å². The van der Waals surface area contributed by atoms with Gasteiger partial charge in [-0.25, -0.2) is 8.42 Å². The van der Waals surface area contributed by atoms with E-state index in [0.717, 1.165) is 29.3 Å². The highest BCUT2D eigenvalue weighted by atomic mass is 32.2. The van der Waals surface area contributed by atoms with Crippen molar-refractivity contribution in [2.75, 3.05) is 25.0 Å². The van der Waals surface area contributed by atoms with E-state index in [1.165, 1.54) is 10.4 Å². The normalized spacial score (nSPS) is 15.0. The third kappa shape index (κ3) is 3.79. The molecule has 28 heavy (non-hydrogen) atoms. The molecular weight excluding hydrogens is 372 g/mol. The number of fused-ring (bicyclic) bond motifs is 1. The number of sulfonamides is 1. The van der Waals surface area contributed by atoms with E-state index in [-0.39, 0.29) is 17.2 Å². The van der Waals surface area contributed by atoms with E-state index in [1.54, 1.807) is 18.2 Å². The lowest BCUT2D eigenvalue weighted by Gasteiger charge is -2.16. The molecule has 0 bridgehead atoms. The number of ketones is 1. The fourth-order valence-corrected chi connectivity index (χ4v) is 5.05. The molecule has 1 aliphatic heterocycles. The fraction of sp³-hybridized carbons (Fsp3) is 0.227. The van der Waals surface area contributed by atoms with Crippen LogP contribution in [0.25, 0.3) is 10.8 Å². The van der Waals surface area contributed by atoms with Crippen LogP contribution in [0.4, 0.5) is 5.69 Å². The summed E-state index contributed by atoms with van der Waals surface area (Å²) < 4.78 is 26.9. The molecule has 0 atom stereocenters. The molecule has 1 aliphatic rings. The first-order valence-electron chi connectivity index (χ1n) is 9.40. The molecule has 4 rings (SSSR count). The van der Waals surface area contributed by atoms with Crippen LogP contribution >= 0.6 is 0 Å². The monoisotopic (exact) mass is 394 g/mol. The Bertz CT molecular complexity index is 1120. The SMILES string of the molecule is O=C(CNc1ccc2ccccc2c1)c1cccc(S(=O)(=O)N2CCCC2)c1. The summed E-state index contributed by atoms with van der Waals surface area (Å²) in [7, 11) is -3.53. The quantitative estimate of drug-likeness (QED) is 0.644. The first-order valence-corrected chi connectivity index (χ1v) is 10.8. The molecule has 0 aromatic heterocycles. The third-order valence-corrected chi connectivity index (χ3v) is 6.96. The van der Waals surface area contributed by atoms with Crippen molar-refractivity contribution in [1.82, 2.24) is 4.31 Å². The number of carbonyl (C=O) groups excluding carboxylic acids is 1. The molecule has 3 aromatic carbocycles. The molecular formula is C22H22N2O3S. The average Bonchev–Trinajstić information content (AvgIpc) is 3.28. The van der Waals surface area contributed by atoms with Gasteiger partial charge in [-0.05, 0) is 47.9 Å². The smallest absolute Gasteiger partial charge is 0.243 e. The average molecular weight is 394 g/mol. The lowest BCUT2D eigenvalue weighted by molar-refractivity contribution is 0.101. The van der Waals surface area contributed by atoms with Gasteiger partial charge in [0.1, 0.15) is 0 Å². The van der Waals surface area contributed by atoms with Gasteiger partial charge in [0, 0.05) is 24.3 Å². The standard InChI is InChI=1S/C22H22N2O3S/c25-22(16-23-20-11-10-17-6-1-2-7-18(17)14-20)19-8-5-9-21(15-19)28(26,27)24-12-3-4-13-24/h1-2,5-11,14-15,23H,3-4,12-13,16H2. The molecule has 6 heteroatoms. The van der Waals surface area contributed by atoms with Crippen molar-refractivity contribution >= 4 is 32.3 Å². The van der Waals surface area contributed by atoms with Gasteiger partial charge in [-0.15, -0.1) is 0 Å². The maximum Gasteiger partial charge on any atom is 0.243 e. The van der Waals surface area contributed by atoms with Crippen molar-refractivity contribution in [2.24, 2.45) is 0 Å². The van der Waals surface area contributed by atoms with Gasteiger partial charge >= 0.3 is 0 Å². The number of benzene rings is 3. The van der Waals surface area contributed by atoms with E-state index in [2.05, 4.69) is 5.32 Å². The summed E-state index contributed by atoms with van der Waals surface area (Å²) in [6, 6.07) is 20.3. The summed E-state index contributed by atoms with van der Waals surface area (Å²) in [5.41, 5.74) is 1.25. The number of nitrogens with zero attached hydrogens (tertiary/aromatic N) is 1. The van der Waals surface area contributed by atoms with Gasteiger partial charge in [0.15, 0.2) is 5.78 Å². The van der Waals surface area contributed by atoms with Crippen molar-refractivity contribution in [1.29, 1.82) is 0 Å². The summed E-state index contributed by atoms with van der Waals surface area (Å²) in [6.07, 6.45) is 1.76. The van der Waals surface area contributed by atoms with Crippen molar-refractivity contribution in [3.63, 3.8) is 0 Å². The minimum Gasteiger partial charge on any atom is -0.378 e. The number of carbonyl (C=O) groups is 1. The Morgan fingerprint density at radius 1 is 0.893 bits per heavy atom. The van der Waals surface area contributed by atoms with Crippen LogP contribution < -0.4 is 5.32 Å². The van der Waals surface area contributed by atoms with Crippen LogP contribution in [0.1, 0.15) is 23.2 Å². The highest BCUT2D eigenvalue weighted by Crippen LogP contribution is 2.22. The van der Waals surface area contributed by atoms with Crippen LogP contribution in [0.3, 0.4) is 0 Å². The first-order chi connectivity index (χ1) is 13.5. The predicted molar refractivity (Wildman–Crippen MR) is 111 cm³/mol. The molecule has 0 saturated carbocycles. The van der Waals surface area contributed by atoms with Crippen molar-refractivity contribution in [3.05, 3.63) is 72.3 Å². The number of hydrogen-bond acceptors (Lipinski definition) is 4. The summed E-state index contributed by atoms with van der Waals surface area (Å²) in [5, 5.41) is 5.37. The minimum absolute atomic E-state index is 0.103. The molecule has 144 valence electrons. The minimum atomic E-state index is -3.53. The zero-order chi connectivity index (χ0) is 19.6. The molecule has 0 amide bonds. The Morgan fingerprint density at radius 2 is 1.64 bits per heavy atom. The molecule has 1 heterocycles. The zero-order valence-corrected chi connectivity index (χ0v) is 16.3. The molecule has 1 N–H and O–H groups in total. The molecule has 0 aliphatic carbocycles. The van der Waals surface area contributed by atoms with Gasteiger partial charge in [-0.3, -0.25) is 4.79 Å². The lowest BCUT2D eigenvalue weighted by Crippen LogP contribution is -2.28. The Hall–Kier alpha value is -2.70. The number of rotatable bonds is 6. The number of nitrogens with one attached hydrogen (secondary N) is 1. The van der Waals surface area contributed by atoms with Gasteiger partial charge in [-0.2, -0.15) is 4.31 Å². The highest BCUT2D eigenvalue weighted by molar-refractivity contribution is 7.89. The van der Waals surface area contributed by atoms with E-state index >= 15 is 0 Å². The Labute approximate surface area is 165 Å². The zero-order valence-electron chi connectivity index (χ0n) is 15.5. The van der Waals surface area contributed by atoms with E-state index < -0.39 is 10.0 Å². The molecule has 0 unspecified atom stereocenters. The van der Waals surface area contributed by atoms with Crippen molar-refractivity contribution in [3.8, 4) is 0 Å². The second kappa shape index (κ2) is 7.73. The Kier molecular flexibility index (Phi) is 5.15. The van der Waals surface area contributed by atoms with Crippen LogP contribution in [-0.2, 0) is 10.0 Å². The third-order valence-electron chi connectivity index (χ3n) is 5.06. The van der Waals surface area contributed by atoms with Gasteiger partial charge in [0.05, 0.1) is 11.4 Å². The highest BCUT2D eigenvalue weighted by Gasteiger charge is 2.27. The number of Topliss-reactive ketones (excluding diaryl/α,β-unsaturated/α-hetero) is 1. The molecule has 1 fully saturated rings. The van der Waals surface area contributed by atoms with E-state index in [9.17, 15) is 13.2 Å². The Morgan fingerprint density at radius 3 is 2.43 bits per heavy atom. The predicted octanol–water partition coefficient (Wildman–Crippen LogP) is 3.92. The van der Waals surface area contributed by atoms with Crippen LogP contribution in [0.2, 0.25) is 0 Å². The summed E-state index contributed by atoms with van der Waals surface area (Å²) in [6.45, 7) is 1.19. The van der Waals surface area contributed by atoms with Crippen LogP contribution in [-0.4, -0.2) is 38.1 Å². The summed E-state index contributed by atoms with van der Waals surface area (Å²) >= 11 is 0. The molecule has 5 nitrogen and oxygen atoms in total. The summed E-state index contributed by atoms with van der Waals surface area (Å²) in [5.74, 6) is -0.147. The second-order valence-corrected chi connectivity index (χ2v) is 8.92. The van der Waals surface area contributed by atoms with Gasteiger partial charge < -0.3 is 5.32 Å². The van der Waals surface area contributed by atoms with Crippen molar-refractivity contribution in [2.45, 2.75) is 17.7 Å². The fourth-order valence-electron chi connectivity index (χ4n) is 3.49. The Balaban J connectivity index is 1.48. The van der Waals surface area contributed by atoms with Crippen LogP contribution in [0.5, 0.6) is 0 Å². The van der Waals surface area contributed by atoms with E-state index in [1.807, 2.05) is 42.5 Å². The molecule has 0 spiro atoms. The largest absolute Gasteiger partial charge is 0.378 e. The summed E-state index contributed by atoms with van der Waals surface area (Å²) in [4.78, 5) is 12.8. The molecule has 1 saturated heterocycles. The first kappa shape index (κ1) is 18.7. The van der Waals surface area contributed by atoms with E-state index in [0.29, 0.717) is 18.7 Å². The van der Waals surface area contributed by atoms with Gasteiger partial charge in [0.2, 0.25) is 10.0 Å². The maximum absolute atomic E-state index is 12.7. The second-order valence-electron chi connectivity index (χ2n) is 6.98. The van der Waals surface area contributed by atoms with Gasteiger partial charge in [0.25, 0.3) is 0 Å². The number of anilines is 1. The number of hydrogen-bond donors (Lipinski definition) is 1. The van der Waals surface area contributed by atoms with Crippen molar-refractivity contribution < 1.29 is 13.2 Å². The topological polar surface area (TPSA) is 66.5 Å². The van der Waals surface area contributed by atoms with E-state index in [4.69, 9.17) is 0 Å². The molecule has 0 radical (unpaired) electrons. The molecule has 3 aromatic rings. The maximum atomic E-state index is 12.7.